The lowest BCUT2D eigenvalue weighted by Crippen LogP contribution is -2.44. The van der Waals surface area contributed by atoms with Crippen LogP contribution < -0.4 is 10.2 Å². The van der Waals surface area contributed by atoms with Gasteiger partial charge in [-0.1, -0.05) is 48.6 Å². The highest BCUT2D eigenvalue weighted by Crippen LogP contribution is 2.30. The molecule has 6 nitrogen and oxygen atoms in total. The van der Waals surface area contributed by atoms with Gasteiger partial charge >= 0.3 is 0 Å². The lowest BCUT2D eigenvalue weighted by atomic mass is 10.0. The smallest absolute Gasteiger partial charge is 0.208 e. The molecule has 1 saturated heterocycles. The number of aryl methyl sites for hydroxylation is 1. The topological polar surface area (TPSA) is 58.9 Å². The first-order valence-electron chi connectivity index (χ1n) is 9.62. The number of hydrogen-bond acceptors (Lipinski definition) is 6. The van der Waals surface area contributed by atoms with Crippen LogP contribution in [0.1, 0.15) is 37.9 Å². The summed E-state index contributed by atoms with van der Waals surface area (Å²) in [5.74, 6) is 0. The van der Waals surface area contributed by atoms with E-state index >= 15 is 0 Å². The summed E-state index contributed by atoms with van der Waals surface area (Å²) in [4.78, 5) is 2.37. The fraction of sp³-hybridized carbons (Fsp3) is 0.450. The standard InChI is InChI=1S/C20H26N6S/c1-3-17(18-9-12-21-25(18)2)22-16-10-13-26(14-11-16)20-24-23-19(27-20)15-7-5-4-6-8-15/h4-9,12,16-17,22H,3,10-11,13-14H2,1-2H3/t17-/m1/s1. The Balaban J connectivity index is 1.35. The Bertz CT molecular complexity index is 850. The van der Waals surface area contributed by atoms with Crippen molar-refractivity contribution in [3.63, 3.8) is 0 Å². The summed E-state index contributed by atoms with van der Waals surface area (Å²) in [6, 6.07) is 13.3. The SMILES string of the molecule is CC[C@@H](NC1CCN(c2nnc(-c3ccccc3)s2)CC1)c1ccnn1C. The first kappa shape index (κ1) is 18.1. The van der Waals surface area contributed by atoms with Gasteiger partial charge in [0.2, 0.25) is 5.13 Å². The van der Waals surface area contributed by atoms with E-state index in [1.165, 1.54) is 5.69 Å². The van der Waals surface area contributed by atoms with Crippen molar-refractivity contribution in [1.29, 1.82) is 0 Å². The highest BCUT2D eigenvalue weighted by molar-refractivity contribution is 7.18. The van der Waals surface area contributed by atoms with Crippen LogP contribution in [0.3, 0.4) is 0 Å². The molecule has 1 aliphatic heterocycles. The summed E-state index contributed by atoms with van der Waals surface area (Å²) < 4.78 is 1.97. The van der Waals surface area contributed by atoms with E-state index in [9.17, 15) is 0 Å². The van der Waals surface area contributed by atoms with Crippen LogP contribution in [0.4, 0.5) is 5.13 Å². The summed E-state index contributed by atoms with van der Waals surface area (Å²) in [6.07, 6.45) is 5.18. The zero-order valence-electron chi connectivity index (χ0n) is 15.9. The van der Waals surface area contributed by atoms with Crippen molar-refractivity contribution in [3.8, 4) is 10.6 Å². The zero-order chi connectivity index (χ0) is 18.6. The average molecular weight is 383 g/mol. The third-order valence-electron chi connectivity index (χ3n) is 5.26. The number of anilines is 1. The Labute approximate surface area is 164 Å². The number of aromatic nitrogens is 4. The lowest BCUT2D eigenvalue weighted by Gasteiger charge is -2.34. The molecule has 27 heavy (non-hydrogen) atoms. The number of hydrogen-bond donors (Lipinski definition) is 1. The first-order valence-corrected chi connectivity index (χ1v) is 10.4. The second kappa shape index (κ2) is 8.19. The molecule has 1 fully saturated rings. The maximum absolute atomic E-state index is 4.43. The highest BCUT2D eigenvalue weighted by Gasteiger charge is 2.24. The van der Waals surface area contributed by atoms with Gasteiger partial charge in [0.05, 0.1) is 5.69 Å². The second-order valence-corrected chi connectivity index (χ2v) is 7.98. The molecule has 3 heterocycles. The predicted molar refractivity (Wildman–Crippen MR) is 110 cm³/mol. The van der Waals surface area contributed by atoms with Gasteiger partial charge in [-0.2, -0.15) is 5.10 Å². The van der Waals surface area contributed by atoms with E-state index in [-0.39, 0.29) is 0 Å². The molecule has 4 rings (SSSR count). The number of piperidine rings is 1. The van der Waals surface area contributed by atoms with Crippen molar-refractivity contribution in [3.05, 3.63) is 48.3 Å². The fourth-order valence-electron chi connectivity index (χ4n) is 3.70. The number of rotatable bonds is 6. The van der Waals surface area contributed by atoms with Gasteiger partial charge in [0.15, 0.2) is 0 Å². The Kier molecular flexibility index (Phi) is 5.50. The van der Waals surface area contributed by atoms with E-state index in [2.05, 4.69) is 50.6 Å². The van der Waals surface area contributed by atoms with E-state index in [1.807, 2.05) is 36.1 Å². The summed E-state index contributed by atoms with van der Waals surface area (Å²) >= 11 is 1.68. The van der Waals surface area contributed by atoms with E-state index in [0.29, 0.717) is 12.1 Å². The molecule has 0 radical (unpaired) electrons. The van der Waals surface area contributed by atoms with Gasteiger partial charge in [0.1, 0.15) is 5.01 Å². The Hall–Kier alpha value is -2.25. The molecule has 0 amide bonds. The van der Waals surface area contributed by atoms with Crippen LogP contribution in [-0.4, -0.2) is 39.1 Å². The summed E-state index contributed by atoms with van der Waals surface area (Å²) in [5.41, 5.74) is 2.40. The molecule has 7 heteroatoms. The monoisotopic (exact) mass is 382 g/mol. The molecule has 1 aliphatic rings. The summed E-state index contributed by atoms with van der Waals surface area (Å²) in [6.45, 7) is 4.26. The summed E-state index contributed by atoms with van der Waals surface area (Å²) in [5, 5.41) is 19.0. The van der Waals surface area contributed by atoms with Crippen molar-refractivity contribution in [2.45, 2.75) is 38.3 Å². The molecular weight excluding hydrogens is 356 g/mol. The minimum Gasteiger partial charge on any atom is -0.347 e. The molecule has 0 aliphatic carbocycles. The van der Waals surface area contributed by atoms with Gasteiger partial charge in [-0.15, -0.1) is 10.2 Å². The quantitative estimate of drug-likeness (QED) is 0.705. The molecule has 142 valence electrons. The molecule has 0 spiro atoms. The molecule has 2 aromatic heterocycles. The Morgan fingerprint density at radius 2 is 1.93 bits per heavy atom. The van der Waals surface area contributed by atoms with Crippen molar-refractivity contribution < 1.29 is 0 Å². The average Bonchev–Trinajstić information content (AvgIpc) is 3.37. The molecule has 0 saturated carbocycles. The van der Waals surface area contributed by atoms with Crippen LogP contribution in [0, 0.1) is 0 Å². The van der Waals surface area contributed by atoms with Crippen LogP contribution in [0.15, 0.2) is 42.6 Å². The normalized spacial score (nSPS) is 16.6. The van der Waals surface area contributed by atoms with Crippen LogP contribution in [0.25, 0.3) is 10.6 Å². The molecule has 0 bridgehead atoms. The third kappa shape index (κ3) is 4.04. The maximum atomic E-state index is 4.43. The van der Waals surface area contributed by atoms with E-state index < -0.39 is 0 Å². The van der Waals surface area contributed by atoms with Crippen LogP contribution in [-0.2, 0) is 7.05 Å². The number of nitrogens with one attached hydrogen (secondary N) is 1. The molecule has 1 aromatic carbocycles. The molecule has 1 N–H and O–H groups in total. The van der Waals surface area contributed by atoms with E-state index in [1.54, 1.807) is 11.3 Å². The molecule has 1 atom stereocenters. The van der Waals surface area contributed by atoms with E-state index in [0.717, 1.165) is 48.1 Å². The van der Waals surface area contributed by atoms with Crippen molar-refractivity contribution in [1.82, 2.24) is 25.3 Å². The molecule has 0 unspecified atom stereocenters. The number of benzene rings is 1. The fourth-order valence-corrected chi connectivity index (χ4v) is 4.60. The first-order chi connectivity index (χ1) is 13.2. The van der Waals surface area contributed by atoms with Crippen LogP contribution in [0.2, 0.25) is 0 Å². The van der Waals surface area contributed by atoms with Crippen molar-refractivity contribution in [2.75, 3.05) is 18.0 Å². The zero-order valence-corrected chi connectivity index (χ0v) is 16.7. The minimum atomic E-state index is 0.361. The molecule has 3 aromatic rings. The van der Waals surface area contributed by atoms with Crippen molar-refractivity contribution in [2.24, 2.45) is 7.05 Å². The van der Waals surface area contributed by atoms with Gasteiger partial charge in [-0.05, 0) is 25.3 Å². The maximum Gasteiger partial charge on any atom is 0.208 e. The van der Waals surface area contributed by atoms with Crippen molar-refractivity contribution >= 4 is 16.5 Å². The van der Waals surface area contributed by atoms with Gasteiger partial charge < -0.3 is 10.2 Å². The van der Waals surface area contributed by atoms with Crippen LogP contribution in [0.5, 0.6) is 0 Å². The van der Waals surface area contributed by atoms with Gasteiger partial charge in [0, 0.05) is 44.0 Å². The van der Waals surface area contributed by atoms with Gasteiger partial charge in [-0.3, -0.25) is 4.68 Å². The van der Waals surface area contributed by atoms with Gasteiger partial charge in [0.25, 0.3) is 0 Å². The Morgan fingerprint density at radius 1 is 1.15 bits per heavy atom. The minimum absolute atomic E-state index is 0.361. The molecular formula is C20H26N6S. The second-order valence-electron chi connectivity index (χ2n) is 7.02. The number of nitrogens with zero attached hydrogens (tertiary/aromatic N) is 5. The van der Waals surface area contributed by atoms with E-state index in [4.69, 9.17) is 0 Å². The van der Waals surface area contributed by atoms with Crippen LogP contribution >= 0.6 is 11.3 Å². The Morgan fingerprint density at radius 3 is 2.59 bits per heavy atom. The highest BCUT2D eigenvalue weighted by atomic mass is 32.1. The third-order valence-corrected chi connectivity index (χ3v) is 6.29. The van der Waals surface area contributed by atoms with Gasteiger partial charge in [-0.25, -0.2) is 0 Å². The largest absolute Gasteiger partial charge is 0.347 e. The lowest BCUT2D eigenvalue weighted by molar-refractivity contribution is 0.354. The predicted octanol–water partition coefficient (Wildman–Crippen LogP) is 3.65. The summed E-state index contributed by atoms with van der Waals surface area (Å²) in [7, 11) is 2.02.